The summed E-state index contributed by atoms with van der Waals surface area (Å²) in [6.07, 6.45) is 2.22. The quantitative estimate of drug-likeness (QED) is 0.848. The number of para-hydroxylation sites is 2. The topological polar surface area (TPSA) is 38.8 Å². The van der Waals surface area contributed by atoms with Gasteiger partial charge in [0.1, 0.15) is 6.61 Å². The van der Waals surface area contributed by atoms with Gasteiger partial charge >= 0.3 is 0 Å². The molecule has 1 heterocycles. The van der Waals surface area contributed by atoms with E-state index in [9.17, 15) is 4.79 Å². The first-order valence-corrected chi connectivity index (χ1v) is 7.92. The van der Waals surface area contributed by atoms with Crippen LogP contribution in [0.4, 0.5) is 0 Å². The smallest absolute Gasteiger partial charge is 0.253 e. The number of methoxy groups -OCH3 is 1. The molecule has 4 nitrogen and oxygen atoms in total. The molecular weight excluding hydrogens is 290 g/mol. The molecule has 1 amide bonds. The van der Waals surface area contributed by atoms with Crippen LogP contribution < -0.4 is 9.47 Å². The standard InChI is InChI=1S/C19H21NO3/c1-22-17-6-2-3-7-18(17)23-14-15-8-10-16(11-9-15)19(21)20-12-4-5-13-20/h2-3,6-11H,4-5,12-14H2,1H3. The minimum atomic E-state index is 0.125. The molecule has 1 aliphatic heterocycles. The summed E-state index contributed by atoms with van der Waals surface area (Å²) in [6.45, 7) is 2.19. The fourth-order valence-electron chi connectivity index (χ4n) is 2.75. The molecule has 0 aliphatic carbocycles. The molecule has 0 saturated carbocycles. The molecule has 1 saturated heterocycles. The van der Waals surface area contributed by atoms with Crippen molar-refractivity contribution in [2.24, 2.45) is 0 Å². The fraction of sp³-hybridized carbons (Fsp3) is 0.316. The Morgan fingerprint density at radius 1 is 1.00 bits per heavy atom. The number of carbonyl (C=O) groups excluding carboxylic acids is 1. The maximum absolute atomic E-state index is 12.3. The molecule has 1 fully saturated rings. The zero-order chi connectivity index (χ0) is 16.1. The Balaban J connectivity index is 1.62. The molecule has 0 atom stereocenters. The SMILES string of the molecule is COc1ccccc1OCc1ccc(C(=O)N2CCCC2)cc1. The lowest BCUT2D eigenvalue weighted by molar-refractivity contribution is 0.0793. The minimum absolute atomic E-state index is 0.125. The second-order valence-corrected chi connectivity index (χ2v) is 5.64. The van der Waals surface area contributed by atoms with Crippen molar-refractivity contribution >= 4 is 5.91 Å². The molecule has 23 heavy (non-hydrogen) atoms. The third-order valence-electron chi connectivity index (χ3n) is 4.06. The van der Waals surface area contributed by atoms with Crippen LogP contribution in [0.5, 0.6) is 11.5 Å². The maximum atomic E-state index is 12.3. The lowest BCUT2D eigenvalue weighted by Gasteiger charge is -2.15. The van der Waals surface area contributed by atoms with Crippen molar-refractivity contribution in [1.29, 1.82) is 0 Å². The van der Waals surface area contributed by atoms with Crippen LogP contribution in [0.3, 0.4) is 0 Å². The van der Waals surface area contributed by atoms with Crippen LogP contribution in [0.2, 0.25) is 0 Å². The number of ether oxygens (including phenoxy) is 2. The number of hydrogen-bond acceptors (Lipinski definition) is 3. The van der Waals surface area contributed by atoms with Crippen LogP contribution in [-0.2, 0) is 6.61 Å². The first-order valence-electron chi connectivity index (χ1n) is 7.92. The highest BCUT2D eigenvalue weighted by Gasteiger charge is 2.19. The molecular formula is C19H21NO3. The van der Waals surface area contributed by atoms with E-state index in [1.54, 1.807) is 7.11 Å². The number of nitrogens with zero attached hydrogens (tertiary/aromatic N) is 1. The summed E-state index contributed by atoms with van der Waals surface area (Å²) in [5.74, 6) is 1.56. The number of carbonyl (C=O) groups is 1. The number of amides is 1. The van der Waals surface area contributed by atoms with Gasteiger partial charge in [0.2, 0.25) is 0 Å². The Labute approximate surface area is 136 Å². The highest BCUT2D eigenvalue weighted by molar-refractivity contribution is 5.94. The zero-order valence-corrected chi connectivity index (χ0v) is 13.3. The fourth-order valence-corrected chi connectivity index (χ4v) is 2.75. The maximum Gasteiger partial charge on any atom is 0.253 e. The van der Waals surface area contributed by atoms with Crippen molar-refractivity contribution in [2.45, 2.75) is 19.4 Å². The lowest BCUT2D eigenvalue weighted by Crippen LogP contribution is -2.27. The van der Waals surface area contributed by atoms with Gasteiger partial charge < -0.3 is 14.4 Å². The second-order valence-electron chi connectivity index (χ2n) is 5.64. The molecule has 0 spiro atoms. The zero-order valence-electron chi connectivity index (χ0n) is 13.3. The average molecular weight is 311 g/mol. The van der Waals surface area contributed by atoms with E-state index in [0.717, 1.165) is 37.1 Å². The van der Waals surface area contributed by atoms with Crippen molar-refractivity contribution in [3.05, 3.63) is 59.7 Å². The molecule has 2 aromatic carbocycles. The van der Waals surface area contributed by atoms with Gasteiger partial charge in [0, 0.05) is 18.7 Å². The van der Waals surface area contributed by atoms with Crippen molar-refractivity contribution in [1.82, 2.24) is 4.90 Å². The first kappa shape index (κ1) is 15.4. The van der Waals surface area contributed by atoms with Crippen LogP contribution in [0.25, 0.3) is 0 Å². The summed E-state index contributed by atoms with van der Waals surface area (Å²) >= 11 is 0. The highest BCUT2D eigenvalue weighted by atomic mass is 16.5. The lowest BCUT2D eigenvalue weighted by atomic mass is 10.1. The molecule has 1 aliphatic rings. The summed E-state index contributed by atoms with van der Waals surface area (Å²) in [6, 6.07) is 15.2. The van der Waals surface area contributed by atoms with Gasteiger partial charge in [-0.3, -0.25) is 4.79 Å². The third kappa shape index (κ3) is 3.65. The predicted octanol–water partition coefficient (Wildman–Crippen LogP) is 3.51. The van der Waals surface area contributed by atoms with Gasteiger partial charge in [-0.15, -0.1) is 0 Å². The number of likely N-dealkylation sites (tertiary alicyclic amines) is 1. The molecule has 0 radical (unpaired) electrons. The third-order valence-corrected chi connectivity index (χ3v) is 4.06. The second kappa shape index (κ2) is 7.18. The van der Waals surface area contributed by atoms with Gasteiger partial charge in [-0.25, -0.2) is 0 Å². The van der Waals surface area contributed by atoms with E-state index in [1.165, 1.54) is 0 Å². The Morgan fingerprint density at radius 3 is 2.30 bits per heavy atom. The molecule has 4 heteroatoms. The van der Waals surface area contributed by atoms with Crippen LogP contribution in [0, 0.1) is 0 Å². The molecule has 0 aromatic heterocycles. The Kier molecular flexibility index (Phi) is 4.81. The minimum Gasteiger partial charge on any atom is -0.493 e. The van der Waals surface area contributed by atoms with E-state index in [-0.39, 0.29) is 5.91 Å². The molecule has 2 aromatic rings. The largest absolute Gasteiger partial charge is 0.493 e. The Bertz CT molecular complexity index is 661. The molecule has 3 rings (SSSR count). The van der Waals surface area contributed by atoms with Gasteiger partial charge in [-0.2, -0.15) is 0 Å². The normalized spacial score (nSPS) is 13.9. The number of hydrogen-bond donors (Lipinski definition) is 0. The van der Waals surface area contributed by atoms with Gasteiger partial charge in [0.05, 0.1) is 7.11 Å². The monoisotopic (exact) mass is 311 g/mol. The average Bonchev–Trinajstić information content (AvgIpc) is 3.14. The van der Waals surface area contributed by atoms with Gasteiger partial charge in [-0.05, 0) is 42.7 Å². The summed E-state index contributed by atoms with van der Waals surface area (Å²) in [7, 11) is 1.63. The van der Waals surface area contributed by atoms with Crippen molar-refractivity contribution in [2.75, 3.05) is 20.2 Å². The first-order chi connectivity index (χ1) is 11.3. The van der Waals surface area contributed by atoms with E-state index in [2.05, 4.69) is 0 Å². The summed E-state index contributed by atoms with van der Waals surface area (Å²) < 4.78 is 11.1. The molecule has 0 N–H and O–H groups in total. The van der Waals surface area contributed by atoms with Gasteiger partial charge in [0.15, 0.2) is 11.5 Å². The number of rotatable bonds is 5. The summed E-state index contributed by atoms with van der Waals surface area (Å²) in [4.78, 5) is 14.2. The summed E-state index contributed by atoms with van der Waals surface area (Å²) in [5.41, 5.74) is 1.77. The predicted molar refractivity (Wildman–Crippen MR) is 88.9 cm³/mol. The van der Waals surface area contributed by atoms with Crippen LogP contribution in [0.1, 0.15) is 28.8 Å². The van der Waals surface area contributed by atoms with Crippen molar-refractivity contribution < 1.29 is 14.3 Å². The highest BCUT2D eigenvalue weighted by Crippen LogP contribution is 2.26. The van der Waals surface area contributed by atoms with E-state index in [1.807, 2.05) is 53.4 Å². The number of benzene rings is 2. The van der Waals surface area contributed by atoms with Crippen molar-refractivity contribution in [3.8, 4) is 11.5 Å². The van der Waals surface area contributed by atoms with E-state index >= 15 is 0 Å². The molecule has 0 unspecified atom stereocenters. The molecule has 0 bridgehead atoms. The van der Waals surface area contributed by atoms with Gasteiger partial charge in [-0.1, -0.05) is 24.3 Å². The van der Waals surface area contributed by atoms with Gasteiger partial charge in [0.25, 0.3) is 5.91 Å². The van der Waals surface area contributed by atoms with E-state index in [4.69, 9.17) is 9.47 Å². The van der Waals surface area contributed by atoms with Crippen LogP contribution >= 0.6 is 0 Å². The van der Waals surface area contributed by atoms with Crippen LogP contribution in [-0.4, -0.2) is 31.0 Å². The molecule has 120 valence electrons. The van der Waals surface area contributed by atoms with Crippen LogP contribution in [0.15, 0.2) is 48.5 Å². The Morgan fingerprint density at radius 2 is 1.65 bits per heavy atom. The van der Waals surface area contributed by atoms with E-state index in [0.29, 0.717) is 18.1 Å². The van der Waals surface area contributed by atoms with Crippen molar-refractivity contribution in [3.63, 3.8) is 0 Å². The summed E-state index contributed by atoms with van der Waals surface area (Å²) in [5, 5.41) is 0. The Hall–Kier alpha value is -2.49. The van der Waals surface area contributed by atoms with E-state index < -0.39 is 0 Å².